The number of aliphatic imine (C=N–C) groups is 3. The van der Waals surface area contributed by atoms with Crippen LogP contribution in [0.15, 0.2) is 184 Å². The Hall–Kier alpha value is -6.80. The van der Waals surface area contributed by atoms with Crippen molar-refractivity contribution in [3.05, 3.63) is 197 Å². The van der Waals surface area contributed by atoms with Crippen molar-refractivity contribution in [2.24, 2.45) is 15.0 Å². The van der Waals surface area contributed by atoms with Crippen molar-refractivity contribution in [1.82, 2.24) is 9.88 Å². The minimum Gasteiger partial charge on any atom is -0.354 e. The van der Waals surface area contributed by atoms with Crippen LogP contribution in [0.4, 0.5) is 0 Å². The van der Waals surface area contributed by atoms with Gasteiger partial charge in [0.15, 0.2) is 18.6 Å². The molecule has 5 aliphatic heterocycles. The summed E-state index contributed by atoms with van der Waals surface area (Å²) in [7, 11) is 0. The van der Waals surface area contributed by atoms with E-state index in [1.807, 2.05) is 0 Å². The van der Waals surface area contributed by atoms with E-state index in [-0.39, 0.29) is 0 Å². The number of allylic oxidation sites excluding steroid dienone is 12. The van der Waals surface area contributed by atoms with E-state index in [1.54, 1.807) is 0 Å². The molecule has 4 aromatic rings. The van der Waals surface area contributed by atoms with Crippen LogP contribution in [0.25, 0.3) is 22.3 Å². The fourth-order valence-electron chi connectivity index (χ4n) is 10.6. The van der Waals surface area contributed by atoms with Gasteiger partial charge in [0.1, 0.15) is 19.6 Å². The molecule has 5 aliphatic rings. The number of aromatic amines is 1. The largest absolute Gasteiger partial charge is 0.354 e. The third-order valence-corrected chi connectivity index (χ3v) is 14.5. The molecular formula is C64H77N8+3. The van der Waals surface area contributed by atoms with Crippen LogP contribution in [0, 0.1) is 0 Å². The van der Waals surface area contributed by atoms with Crippen LogP contribution in [0.1, 0.15) is 159 Å². The molecule has 370 valence electrons. The number of hydrogen-bond acceptors (Lipinski definition) is 4. The highest BCUT2D eigenvalue weighted by Gasteiger charge is 2.33. The van der Waals surface area contributed by atoms with Gasteiger partial charge >= 0.3 is 0 Å². The topological polar surface area (TPSA) is 67.8 Å². The van der Waals surface area contributed by atoms with Crippen molar-refractivity contribution >= 4 is 39.4 Å². The van der Waals surface area contributed by atoms with Crippen molar-refractivity contribution in [2.45, 2.75) is 150 Å². The number of H-pyrrole nitrogens is 1. The molecule has 0 atom stereocenters. The maximum Gasteiger partial charge on any atom is 0.216 e. The van der Waals surface area contributed by atoms with Gasteiger partial charge in [0, 0.05) is 74.0 Å². The highest BCUT2D eigenvalue weighted by atomic mass is 15.1. The first-order valence-corrected chi connectivity index (χ1v) is 27.7. The Morgan fingerprint density at radius 3 is 1.29 bits per heavy atom. The number of unbranched alkanes of at least 4 members (excludes halogenated alkanes) is 12. The van der Waals surface area contributed by atoms with Crippen LogP contribution in [0.5, 0.6) is 0 Å². The van der Waals surface area contributed by atoms with Gasteiger partial charge in [0.25, 0.3) is 0 Å². The number of nitrogens with zero attached hydrogens (tertiary/aromatic N) is 7. The lowest BCUT2D eigenvalue weighted by molar-refractivity contribution is -0.699. The lowest BCUT2D eigenvalue weighted by Gasteiger charge is -2.26. The lowest BCUT2D eigenvalue weighted by Crippen LogP contribution is -2.38. The summed E-state index contributed by atoms with van der Waals surface area (Å²) in [6.45, 7) is 12.8. The van der Waals surface area contributed by atoms with E-state index in [0.29, 0.717) is 0 Å². The Labute approximate surface area is 430 Å². The zero-order valence-corrected chi connectivity index (χ0v) is 43.6. The van der Waals surface area contributed by atoms with Gasteiger partial charge in [-0.25, -0.2) is 15.0 Å². The molecule has 0 fully saturated rings. The standard InChI is InChI=1S/C64H77N8/c1-5-9-13-21-41-69-45-25-17-29-57(69)61-49-33-35-51(65-49)62(58-30-18-26-46-70(58)42-22-14-10-6-2)53-37-39-55(67-53)64(60-32-20-28-48-72(60)44-24-16-12-8-4)56-40-38-54(68-56)63(52-36-34-50(61)66-52)59-31-19-27-47-71(59)43-23-15-11-7-3/h17-20,25-40,45-48,65H,5-16,21-24,41-44H2,1-4H3/q+3. The third-order valence-electron chi connectivity index (χ3n) is 14.5. The van der Waals surface area contributed by atoms with Crippen LogP contribution in [0.3, 0.4) is 0 Å². The van der Waals surface area contributed by atoms with Gasteiger partial charge in [-0.1, -0.05) is 91.6 Å². The van der Waals surface area contributed by atoms with Gasteiger partial charge in [0.2, 0.25) is 17.1 Å². The Morgan fingerprint density at radius 1 is 0.403 bits per heavy atom. The molecule has 8 bridgehead atoms. The molecule has 9 heterocycles. The van der Waals surface area contributed by atoms with Crippen LogP contribution >= 0.6 is 0 Å². The number of hydrogen-bond donors (Lipinski definition) is 1. The van der Waals surface area contributed by atoms with E-state index in [9.17, 15) is 0 Å². The molecule has 0 aliphatic carbocycles. The molecule has 0 amide bonds. The number of aryl methyl sites for hydroxylation is 3. The maximum absolute atomic E-state index is 5.72. The molecule has 0 saturated heterocycles. The predicted octanol–water partition coefficient (Wildman–Crippen LogP) is 13.9. The molecule has 0 aromatic carbocycles. The molecule has 1 N–H and O–H groups in total. The first kappa shape index (κ1) is 50.2. The summed E-state index contributed by atoms with van der Waals surface area (Å²) in [6.07, 6.45) is 47.9. The fraction of sp³-hybridized carbons (Fsp3) is 0.375. The summed E-state index contributed by atoms with van der Waals surface area (Å²) in [5, 5.41) is 0. The number of aromatic nitrogens is 4. The second kappa shape index (κ2) is 25.0. The summed E-state index contributed by atoms with van der Waals surface area (Å²) in [5.74, 6) is 0. The predicted molar refractivity (Wildman–Crippen MR) is 299 cm³/mol. The van der Waals surface area contributed by atoms with Gasteiger partial charge in [-0.3, -0.25) is 0 Å². The van der Waals surface area contributed by atoms with Gasteiger partial charge < -0.3 is 9.88 Å². The normalized spacial score (nSPS) is 17.1. The number of fused-ring (bicyclic) bond motifs is 5. The number of rotatable bonds is 23. The van der Waals surface area contributed by atoms with Crippen molar-refractivity contribution < 1.29 is 13.7 Å². The summed E-state index contributed by atoms with van der Waals surface area (Å²) in [4.78, 5) is 23.6. The van der Waals surface area contributed by atoms with Crippen molar-refractivity contribution in [3.63, 3.8) is 0 Å². The Morgan fingerprint density at radius 2 is 0.819 bits per heavy atom. The van der Waals surface area contributed by atoms with E-state index >= 15 is 0 Å². The highest BCUT2D eigenvalue weighted by molar-refractivity contribution is 6.37. The van der Waals surface area contributed by atoms with E-state index in [4.69, 9.17) is 15.0 Å². The Kier molecular flexibility index (Phi) is 17.4. The third kappa shape index (κ3) is 11.6. The van der Waals surface area contributed by atoms with E-state index in [1.165, 1.54) is 77.0 Å². The molecular weight excluding hydrogens is 881 g/mol. The molecule has 0 unspecified atom stereocenters. The van der Waals surface area contributed by atoms with Crippen LogP contribution in [-0.2, 0) is 19.6 Å². The quantitative estimate of drug-likeness (QED) is 0.0584. The summed E-state index contributed by atoms with van der Waals surface area (Å²) >= 11 is 0. The average molecular weight is 958 g/mol. The molecule has 0 radical (unpaired) electrons. The fourth-order valence-corrected chi connectivity index (χ4v) is 10.6. The average Bonchev–Trinajstić information content (AvgIpc) is 4.27. The molecule has 0 saturated carbocycles. The van der Waals surface area contributed by atoms with Crippen molar-refractivity contribution in [3.8, 4) is 0 Å². The molecule has 0 spiro atoms. The minimum absolute atomic E-state index is 0.903. The number of pyridine rings is 3. The smallest absolute Gasteiger partial charge is 0.216 e. The summed E-state index contributed by atoms with van der Waals surface area (Å²) in [6, 6.07) is 24.3. The second-order valence-electron chi connectivity index (χ2n) is 19.8. The SMILES string of the molecule is CCCCCCN1C=CC=CC1=C1C2=NC(=C(c3cccc[n+]3CCCCCC)C3=NC(=C(c4cccc[n+]4CCCCCC)C4=NC(=C(c5cccc[n+]5CCCCCC)c5ccc1[nH]5)C=C4)C=C3)C=C2. The monoisotopic (exact) mass is 958 g/mol. The molecule has 8 nitrogen and oxygen atoms in total. The minimum atomic E-state index is 0.903. The first-order chi connectivity index (χ1) is 35.6. The Balaban J connectivity index is 1.31. The molecule has 72 heavy (non-hydrogen) atoms. The Bertz CT molecular complexity index is 2970. The van der Waals surface area contributed by atoms with Crippen LogP contribution in [-0.4, -0.2) is 33.6 Å². The zero-order valence-electron chi connectivity index (χ0n) is 43.6. The molecule has 8 heteroatoms. The molecule has 4 aromatic heterocycles. The van der Waals surface area contributed by atoms with E-state index < -0.39 is 0 Å². The van der Waals surface area contributed by atoms with E-state index in [2.05, 4.69) is 197 Å². The van der Waals surface area contributed by atoms with Gasteiger partial charge in [-0.05, 0) is 105 Å². The summed E-state index contributed by atoms with van der Waals surface area (Å²) in [5.41, 5.74) is 16.2. The van der Waals surface area contributed by atoms with E-state index in [0.717, 1.165) is 143 Å². The number of nitrogens with one attached hydrogen (secondary N) is 1. The van der Waals surface area contributed by atoms with Gasteiger partial charge in [0.05, 0.1) is 68.0 Å². The van der Waals surface area contributed by atoms with Crippen LogP contribution in [0.2, 0.25) is 0 Å². The van der Waals surface area contributed by atoms with Gasteiger partial charge in [-0.2, -0.15) is 13.7 Å². The highest BCUT2D eigenvalue weighted by Crippen LogP contribution is 2.38. The van der Waals surface area contributed by atoms with Crippen molar-refractivity contribution in [2.75, 3.05) is 6.54 Å². The van der Waals surface area contributed by atoms with Gasteiger partial charge in [-0.15, -0.1) is 0 Å². The summed E-state index contributed by atoms with van der Waals surface area (Å²) < 4.78 is 7.27. The first-order valence-electron chi connectivity index (χ1n) is 27.7. The zero-order chi connectivity index (χ0) is 49.5. The van der Waals surface area contributed by atoms with Crippen LogP contribution < -0.4 is 13.7 Å². The second-order valence-corrected chi connectivity index (χ2v) is 19.8. The van der Waals surface area contributed by atoms with Crippen molar-refractivity contribution in [1.29, 1.82) is 0 Å². The molecule has 9 rings (SSSR count). The maximum atomic E-state index is 5.72. The lowest BCUT2D eigenvalue weighted by atomic mass is 10.0.